The number of hydrogen-bond donors (Lipinski definition) is 1. The van der Waals surface area contributed by atoms with Crippen LogP contribution in [0.4, 0.5) is 0 Å². The average molecular weight is 390 g/mol. The number of imide groups is 1. The van der Waals surface area contributed by atoms with E-state index < -0.39 is 16.7 Å². The summed E-state index contributed by atoms with van der Waals surface area (Å²) >= 11 is 0. The van der Waals surface area contributed by atoms with Gasteiger partial charge in [0, 0.05) is 5.92 Å². The van der Waals surface area contributed by atoms with Crippen LogP contribution in [0.1, 0.15) is 50.7 Å². The second-order valence-electron chi connectivity index (χ2n) is 8.85. The number of carbonyl (C=O) groups excluding carboxylic acids is 3. The maximum absolute atomic E-state index is 13.3. The van der Waals surface area contributed by atoms with Crippen molar-refractivity contribution in [1.82, 2.24) is 10.4 Å². The van der Waals surface area contributed by atoms with E-state index >= 15 is 0 Å². The van der Waals surface area contributed by atoms with Crippen LogP contribution in [0.15, 0.2) is 60.7 Å². The summed E-state index contributed by atoms with van der Waals surface area (Å²) in [5.74, 6) is -1.87. The van der Waals surface area contributed by atoms with Crippen molar-refractivity contribution in [2.75, 3.05) is 0 Å². The Labute approximate surface area is 171 Å². The number of carbonyl (C=O) groups is 3. The van der Waals surface area contributed by atoms with Gasteiger partial charge < -0.3 is 0 Å². The van der Waals surface area contributed by atoms with Gasteiger partial charge >= 0.3 is 0 Å². The number of fused-ring (bicyclic) bond motifs is 2. The molecule has 0 radical (unpaired) electrons. The summed E-state index contributed by atoms with van der Waals surface area (Å²) in [6.07, 6.45) is 1.32. The first-order valence-electron chi connectivity index (χ1n) is 10.1. The van der Waals surface area contributed by atoms with Crippen molar-refractivity contribution in [2.24, 2.45) is 16.7 Å². The molecule has 1 saturated carbocycles. The Morgan fingerprint density at radius 1 is 0.966 bits per heavy atom. The fraction of sp³-hybridized carbons (Fsp3) is 0.375. The highest BCUT2D eigenvalue weighted by Gasteiger charge is 2.65. The molecule has 1 N–H and O–H groups in total. The van der Waals surface area contributed by atoms with Gasteiger partial charge in [-0.25, -0.2) is 0 Å². The molecule has 2 atom stereocenters. The second-order valence-corrected chi connectivity index (χ2v) is 8.85. The van der Waals surface area contributed by atoms with Crippen LogP contribution < -0.4 is 5.43 Å². The number of nitrogens with zero attached hydrogens (tertiary/aromatic N) is 1. The molecule has 29 heavy (non-hydrogen) atoms. The molecule has 4 rings (SSSR count). The van der Waals surface area contributed by atoms with E-state index in [0.29, 0.717) is 12.8 Å². The lowest BCUT2D eigenvalue weighted by atomic mass is 9.63. The second kappa shape index (κ2) is 6.83. The predicted molar refractivity (Wildman–Crippen MR) is 109 cm³/mol. The molecule has 0 aromatic heterocycles. The van der Waals surface area contributed by atoms with Crippen molar-refractivity contribution in [3.63, 3.8) is 0 Å². The van der Waals surface area contributed by atoms with Gasteiger partial charge in [-0.2, -0.15) is 5.01 Å². The molecule has 1 aliphatic heterocycles. The van der Waals surface area contributed by atoms with Gasteiger partial charge in [0.15, 0.2) is 0 Å². The molecule has 2 bridgehead atoms. The van der Waals surface area contributed by atoms with Crippen molar-refractivity contribution < 1.29 is 14.4 Å². The number of piperidine rings is 1. The molecule has 5 heteroatoms. The minimum absolute atomic E-state index is 0.266. The van der Waals surface area contributed by atoms with Crippen molar-refractivity contribution in [1.29, 1.82) is 0 Å². The summed E-state index contributed by atoms with van der Waals surface area (Å²) in [5, 5.41) is 0.990. The highest BCUT2D eigenvalue weighted by atomic mass is 16.2. The summed E-state index contributed by atoms with van der Waals surface area (Å²) in [5.41, 5.74) is 3.22. The third-order valence-corrected chi connectivity index (χ3v) is 7.17. The van der Waals surface area contributed by atoms with Crippen LogP contribution in [-0.2, 0) is 14.4 Å². The van der Waals surface area contributed by atoms with Crippen molar-refractivity contribution >= 4 is 17.7 Å². The van der Waals surface area contributed by atoms with Crippen LogP contribution in [0, 0.1) is 16.7 Å². The van der Waals surface area contributed by atoms with Crippen LogP contribution in [-0.4, -0.2) is 22.7 Å². The van der Waals surface area contributed by atoms with Crippen molar-refractivity contribution in [3.05, 3.63) is 71.8 Å². The van der Waals surface area contributed by atoms with E-state index in [4.69, 9.17) is 0 Å². The Bertz CT molecular complexity index is 915. The van der Waals surface area contributed by atoms with Gasteiger partial charge in [-0.05, 0) is 29.4 Å². The van der Waals surface area contributed by atoms with Crippen molar-refractivity contribution in [3.8, 4) is 0 Å². The van der Waals surface area contributed by atoms with E-state index in [0.717, 1.165) is 16.1 Å². The number of nitrogens with one attached hydrogen (secondary N) is 1. The lowest BCUT2D eigenvalue weighted by Crippen LogP contribution is -2.64. The number of benzene rings is 2. The summed E-state index contributed by atoms with van der Waals surface area (Å²) in [7, 11) is 0. The average Bonchev–Trinajstić information content (AvgIpc) is 2.91. The normalized spacial score (nSPS) is 25.4. The maximum Gasteiger partial charge on any atom is 0.254 e. The molecule has 150 valence electrons. The number of amides is 3. The monoisotopic (exact) mass is 390 g/mol. The van der Waals surface area contributed by atoms with E-state index in [1.807, 2.05) is 81.4 Å². The van der Waals surface area contributed by atoms with E-state index in [1.165, 1.54) is 0 Å². The zero-order chi connectivity index (χ0) is 20.8. The summed E-state index contributed by atoms with van der Waals surface area (Å²) < 4.78 is 0. The minimum atomic E-state index is -0.659. The molecule has 2 aliphatic rings. The molecule has 2 aromatic rings. The van der Waals surface area contributed by atoms with E-state index in [2.05, 4.69) is 5.43 Å². The van der Waals surface area contributed by atoms with E-state index in [1.54, 1.807) is 0 Å². The van der Waals surface area contributed by atoms with E-state index in [-0.39, 0.29) is 23.6 Å². The van der Waals surface area contributed by atoms with Crippen LogP contribution in [0.2, 0.25) is 0 Å². The smallest absolute Gasteiger partial charge is 0.254 e. The first kappa shape index (κ1) is 19.4. The third kappa shape index (κ3) is 2.87. The fourth-order valence-corrected chi connectivity index (χ4v) is 4.88. The third-order valence-electron chi connectivity index (χ3n) is 7.17. The standard InChI is InChI=1S/C24H26N2O3/c1-23(2)18-14-15-24(23,3)22(29)26(21(18)28)25-20(27)19(16-10-6-4-7-11-16)17-12-8-5-9-13-17/h4-13,18-19H,14-15H2,1-3H3,(H,25,27)/t18-,24+/m1/s1. The summed E-state index contributed by atoms with van der Waals surface area (Å²) in [6, 6.07) is 18.8. The summed E-state index contributed by atoms with van der Waals surface area (Å²) in [4.78, 5) is 39.7. The lowest BCUT2D eigenvalue weighted by molar-refractivity contribution is -0.174. The van der Waals surface area contributed by atoms with Gasteiger partial charge in [-0.1, -0.05) is 81.4 Å². The Morgan fingerprint density at radius 2 is 1.48 bits per heavy atom. The van der Waals surface area contributed by atoms with Crippen LogP contribution in [0.5, 0.6) is 0 Å². The molecule has 0 unspecified atom stereocenters. The quantitative estimate of drug-likeness (QED) is 0.810. The van der Waals surface area contributed by atoms with Gasteiger partial charge in [0.1, 0.15) is 0 Å². The number of hydrazine groups is 1. The SMILES string of the molecule is CC1(C)[C@@H]2CC[C@@]1(C)C(=O)N(NC(=O)C(c1ccccc1)c1ccccc1)C2=O. The van der Waals surface area contributed by atoms with Gasteiger partial charge in [-0.3, -0.25) is 19.8 Å². The molecular weight excluding hydrogens is 364 g/mol. The van der Waals surface area contributed by atoms with Gasteiger partial charge in [0.25, 0.3) is 17.7 Å². The zero-order valence-electron chi connectivity index (χ0n) is 17.0. The number of hydrogen-bond acceptors (Lipinski definition) is 3. The Morgan fingerprint density at radius 3 is 2.00 bits per heavy atom. The topological polar surface area (TPSA) is 66.5 Å². The van der Waals surface area contributed by atoms with Gasteiger partial charge in [-0.15, -0.1) is 0 Å². The maximum atomic E-state index is 13.3. The van der Waals surface area contributed by atoms with Crippen LogP contribution in [0.25, 0.3) is 0 Å². The Hall–Kier alpha value is -2.95. The molecule has 0 spiro atoms. The van der Waals surface area contributed by atoms with Gasteiger partial charge in [0.05, 0.1) is 11.3 Å². The molecule has 1 aliphatic carbocycles. The van der Waals surface area contributed by atoms with Gasteiger partial charge in [0.2, 0.25) is 0 Å². The van der Waals surface area contributed by atoms with Crippen molar-refractivity contribution in [2.45, 2.75) is 39.5 Å². The molecule has 2 aromatic carbocycles. The summed E-state index contributed by atoms with van der Waals surface area (Å²) in [6.45, 7) is 5.87. The fourth-order valence-electron chi connectivity index (χ4n) is 4.88. The number of rotatable bonds is 4. The lowest BCUT2D eigenvalue weighted by Gasteiger charge is -2.47. The predicted octanol–water partition coefficient (Wildman–Crippen LogP) is 3.66. The molecular formula is C24H26N2O3. The molecule has 2 fully saturated rings. The molecule has 1 heterocycles. The minimum Gasteiger partial charge on any atom is -0.272 e. The largest absolute Gasteiger partial charge is 0.272 e. The highest BCUT2D eigenvalue weighted by molar-refractivity contribution is 6.05. The molecule has 1 saturated heterocycles. The Balaban J connectivity index is 1.67. The first-order valence-corrected chi connectivity index (χ1v) is 10.1. The van der Waals surface area contributed by atoms with Crippen LogP contribution in [0.3, 0.4) is 0 Å². The molecule has 5 nitrogen and oxygen atoms in total. The van der Waals surface area contributed by atoms with Crippen LogP contribution >= 0.6 is 0 Å². The van der Waals surface area contributed by atoms with E-state index in [9.17, 15) is 14.4 Å². The highest BCUT2D eigenvalue weighted by Crippen LogP contribution is 2.59. The molecule has 3 amide bonds. The first-order chi connectivity index (χ1) is 13.8. The Kier molecular flexibility index (Phi) is 4.56. The zero-order valence-corrected chi connectivity index (χ0v) is 17.0.